The van der Waals surface area contributed by atoms with Gasteiger partial charge < -0.3 is 68.1 Å². The van der Waals surface area contributed by atoms with Crippen LogP contribution in [0.4, 0.5) is 0 Å². The van der Waals surface area contributed by atoms with E-state index >= 15 is 0 Å². The normalized spacial score (nSPS) is 12.9. The number of nitrogens with zero attached hydrogens (tertiary/aromatic N) is 4. The highest BCUT2D eigenvalue weighted by Gasteiger charge is 2.30. The van der Waals surface area contributed by atoms with Gasteiger partial charge in [-0.15, -0.1) is 0 Å². The van der Waals surface area contributed by atoms with Gasteiger partial charge in [0.05, 0.1) is 45.2 Å². The van der Waals surface area contributed by atoms with Crippen LogP contribution in [0.2, 0.25) is 0 Å². The van der Waals surface area contributed by atoms with Gasteiger partial charge in [0.2, 0.25) is 11.8 Å². The summed E-state index contributed by atoms with van der Waals surface area (Å²) in [4.78, 5) is 101. The molecule has 9 aromatic rings. The van der Waals surface area contributed by atoms with Gasteiger partial charge in [0, 0.05) is 107 Å². The lowest BCUT2D eigenvalue weighted by molar-refractivity contribution is -0.142. The van der Waals surface area contributed by atoms with E-state index in [0.717, 1.165) is 21.6 Å². The predicted molar refractivity (Wildman–Crippen MR) is 381 cm³/mol. The summed E-state index contributed by atoms with van der Waals surface area (Å²) >= 11 is 0. The lowest BCUT2D eigenvalue weighted by Gasteiger charge is -2.39. The summed E-state index contributed by atoms with van der Waals surface area (Å²) in [6.45, 7) is 7.94. The summed E-state index contributed by atoms with van der Waals surface area (Å²) in [7, 11) is 0. The van der Waals surface area contributed by atoms with E-state index < -0.39 is 85.5 Å². The second kappa shape index (κ2) is 38.0. The SMILES string of the molecule is [2H]C(C)(C)N(Cc1ccccc1OCCNC(=O)CC(=O)O)C(=O)c1ccc(-c2ccco2)cc1.[2H]C([2H])(c1ccccc1OC1CN(CCC(=O)O)C1)N(C(=O)c1ccc(-c2ccco2)cc1)C(C)C.[2H]C([2H])(c1ccccc1OCCNC(=O)CC(=O)O)N(C(=O)c1ccc(-c2ccco2)cc1)C(C)C. The van der Waals surface area contributed by atoms with Crippen LogP contribution in [0.15, 0.2) is 214 Å². The van der Waals surface area contributed by atoms with Crippen LogP contribution in [0.1, 0.15) is 115 Å². The van der Waals surface area contributed by atoms with Crippen molar-refractivity contribution in [1.82, 2.24) is 30.2 Å². The number of hydrogen-bond acceptors (Lipinski definition) is 15. The maximum Gasteiger partial charge on any atom is 0.312 e. The number of carbonyl (C=O) groups excluding carboxylic acids is 5. The summed E-state index contributed by atoms with van der Waals surface area (Å²) < 4.78 is 78.1. The van der Waals surface area contributed by atoms with Crippen molar-refractivity contribution in [2.24, 2.45) is 0 Å². The molecule has 534 valence electrons. The average Bonchev–Trinajstić information content (AvgIpc) is 1.17. The van der Waals surface area contributed by atoms with Gasteiger partial charge in [0.15, 0.2) is 0 Å². The molecule has 5 amide bonds. The molecular formula is C79H86N6O17. The Morgan fingerprint density at radius 2 is 0.843 bits per heavy atom. The molecule has 0 bridgehead atoms. The number of carbonyl (C=O) groups is 8. The number of hydrogen-bond donors (Lipinski definition) is 5. The van der Waals surface area contributed by atoms with Crippen LogP contribution < -0.4 is 24.8 Å². The highest BCUT2D eigenvalue weighted by atomic mass is 16.5. The zero-order valence-electron chi connectivity index (χ0n) is 62.4. The third-order valence-electron chi connectivity index (χ3n) is 15.5. The Kier molecular flexibility index (Phi) is 25.6. The molecule has 0 spiro atoms. The molecule has 1 fully saturated rings. The molecule has 102 heavy (non-hydrogen) atoms. The molecule has 1 aliphatic heterocycles. The molecule has 1 saturated heterocycles. The molecule has 23 nitrogen and oxygen atoms in total. The van der Waals surface area contributed by atoms with E-state index in [1.54, 1.807) is 212 Å². The first kappa shape index (κ1) is 68.8. The first-order valence-electron chi connectivity index (χ1n) is 35.4. The summed E-state index contributed by atoms with van der Waals surface area (Å²) in [5.74, 6) is -2.60. The van der Waals surface area contributed by atoms with Crippen LogP contribution in [0, 0.1) is 0 Å². The number of carboxylic acid groups (broad SMARTS) is 3. The molecule has 0 aliphatic carbocycles. The van der Waals surface area contributed by atoms with E-state index in [1.807, 2.05) is 35.2 Å². The Morgan fingerprint density at radius 3 is 1.21 bits per heavy atom. The molecule has 10 rings (SSSR count). The highest BCUT2D eigenvalue weighted by molar-refractivity contribution is 5.97. The lowest BCUT2D eigenvalue weighted by Crippen LogP contribution is -2.54. The highest BCUT2D eigenvalue weighted by Crippen LogP contribution is 2.30. The molecule has 0 atom stereocenters. The van der Waals surface area contributed by atoms with Gasteiger partial charge in [0.25, 0.3) is 17.7 Å². The van der Waals surface area contributed by atoms with Crippen molar-refractivity contribution in [2.75, 3.05) is 45.9 Å². The van der Waals surface area contributed by atoms with Crippen LogP contribution in [0.25, 0.3) is 34.0 Å². The molecular weight excluding hydrogens is 1300 g/mol. The van der Waals surface area contributed by atoms with E-state index in [9.17, 15) is 38.4 Å². The van der Waals surface area contributed by atoms with Crippen LogP contribution in [-0.2, 0) is 43.5 Å². The molecule has 3 aromatic heterocycles. The number of rotatable bonds is 32. The monoisotopic (exact) mass is 1400 g/mol. The van der Waals surface area contributed by atoms with Gasteiger partial charge in [-0.2, -0.15) is 0 Å². The van der Waals surface area contributed by atoms with Gasteiger partial charge in [-0.25, -0.2) is 0 Å². The van der Waals surface area contributed by atoms with E-state index in [-0.39, 0.29) is 68.2 Å². The molecule has 6 aromatic carbocycles. The number of nitrogens with one attached hydrogen (secondary N) is 2. The fourth-order valence-corrected chi connectivity index (χ4v) is 10.2. The number of para-hydroxylation sites is 3. The number of ether oxygens (including phenoxy) is 3. The lowest BCUT2D eigenvalue weighted by atomic mass is 10.1. The number of likely N-dealkylation sites (tertiary alicyclic amines) is 1. The van der Waals surface area contributed by atoms with E-state index in [1.165, 1.54) is 9.80 Å². The van der Waals surface area contributed by atoms with Crippen molar-refractivity contribution in [3.63, 3.8) is 0 Å². The molecule has 0 saturated carbocycles. The molecule has 23 heteroatoms. The second-order valence-electron chi connectivity index (χ2n) is 24.0. The van der Waals surface area contributed by atoms with E-state index in [0.29, 0.717) is 70.7 Å². The van der Waals surface area contributed by atoms with Crippen LogP contribution in [0.3, 0.4) is 0 Å². The minimum atomic E-state index is -2.23. The number of furan rings is 3. The topological polar surface area (TPSA) is 301 Å². The maximum atomic E-state index is 13.5. The summed E-state index contributed by atoms with van der Waals surface area (Å²) in [6, 6.07) is 49.8. The van der Waals surface area contributed by atoms with Gasteiger partial charge in [0.1, 0.15) is 66.7 Å². The van der Waals surface area contributed by atoms with Crippen LogP contribution >= 0.6 is 0 Å². The van der Waals surface area contributed by atoms with Gasteiger partial charge >= 0.3 is 17.9 Å². The molecule has 0 radical (unpaired) electrons. The average molecular weight is 1400 g/mol. The van der Waals surface area contributed by atoms with Crippen molar-refractivity contribution in [3.05, 3.63) is 234 Å². The fourth-order valence-electron chi connectivity index (χ4n) is 10.2. The van der Waals surface area contributed by atoms with Crippen molar-refractivity contribution < 1.29 is 88.0 Å². The quantitative estimate of drug-likeness (QED) is 0.0193. The van der Waals surface area contributed by atoms with Gasteiger partial charge in [-0.3, -0.25) is 43.3 Å². The maximum absolute atomic E-state index is 13.5. The van der Waals surface area contributed by atoms with Gasteiger partial charge in [-0.05, 0) is 133 Å². The minimum absolute atomic E-state index is 0.0116. The van der Waals surface area contributed by atoms with Crippen LogP contribution in [0.5, 0.6) is 17.2 Å². The Balaban J connectivity index is 0.000000202. The Hall–Kier alpha value is -11.7. The molecule has 0 unspecified atom stereocenters. The molecule has 4 heterocycles. The van der Waals surface area contributed by atoms with Crippen LogP contribution in [-0.4, -0.2) is 153 Å². The Labute approximate surface area is 599 Å². The largest absolute Gasteiger partial charge is 0.491 e. The van der Waals surface area contributed by atoms with Crippen molar-refractivity contribution in [2.45, 2.75) is 105 Å². The predicted octanol–water partition coefficient (Wildman–Crippen LogP) is 12.5. The Bertz CT molecular complexity index is 4430. The summed E-state index contributed by atoms with van der Waals surface area (Å²) in [5.41, 5.74) is 4.72. The number of benzene rings is 6. The standard InChI is InChI=1S/C27H30N2O5.2C26H28N2O6/c1-19(2)29(27(32)21-11-9-20(10-12-21)24-8-5-15-33-24)16-22-6-3-4-7-25(22)34-23-17-28(18-23)14-13-26(30)31;2*1-18(2)28(26(32)20-11-9-19(10-12-20)22-8-5-14-33-22)17-21-6-3-4-7-23(21)34-15-13-27-24(29)16-25(30)31/h3-12,15,19,23H,13-14,16-18H2,1-2H3,(H,30,31);2*3-12,14,18H,13,15-17H2,1-2H3,(H,27,29)(H,30,31)/i16D2;18D;17D2. The van der Waals surface area contributed by atoms with Gasteiger partial charge in [-0.1, -0.05) is 91.0 Å². The second-order valence-corrected chi connectivity index (χ2v) is 24.0. The molecule has 5 N–H and O–H groups in total. The summed E-state index contributed by atoms with van der Waals surface area (Å²) in [6.07, 6.45) is 3.38. The zero-order valence-corrected chi connectivity index (χ0v) is 57.4. The third kappa shape index (κ3) is 22.9. The molecule has 1 aliphatic rings. The van der Waals surface area contributed by atoms with Crippen molar-refractivity contribution in [1.29, 1.82) is 0 Å². The first-order chi connectivity index (χ1) is 50.9. The van der Waals surface area contributed by atoms with Crippen molar-refractivity contribution in [3.8, 4) is 51.2 Å². The number of aliphatic carboxylic acids is 3. The fraction of sp³-hybridized carbons (Fsp3) is 0.291. The number of amides is 5. The Morgan fingerprint density at radius 1 is 0.480 bits per heavy atom. The minimum Gasteiger partial charge on any atom is -0.491 e. The number of carboxylic acids is 3. The van der Waals surface area contributed by atoms with Crippen molar-refractivity contribution >= 4 is 47.4 Å². The van der Waals surface area contributed by atoms with E-state index in [4.69, 9.17) is 49.6 Å². The zero-order chi connectivity index (χ0) is 77.6. The smallest absolute Gasteiger partial charge is 0.312 e. The first-order valence-corrected chi connectivity index (χ1v) is 32.9. The third-order valence-corrected chi connectivity index (χ3v) is 15.5. The van der Waals surface area contributed by atoms with E-state index in [2.05, 4.69) is 10.6 Å². The summed E-state index contributed by atoms with van der Waals surface area (Å²) in [5, 5.41) is 31.1.